The van der Waals surface area contributed by atoms with E-state index < -0.39 is 0 Å². The lowest BCUT2D eigenvalue weighted by Crippen LogP contribution is -2.09. The summed E-state index contributed by atoms with van der Waals surface area (Å²) in [6.07, 6.45) is 10.5. The molecule has 0 aliphatic carbocycles. The predicted molar refractivity (Wildman–Crippen MR) is 60.9 cm³/mol. The molecule has 0 aromatic carbocycles. The van der Waals surface area contributed by atoms with E-state index in [9.17, 15) is 4.79 Å². The molecule has 0 amide bonds. The molecule has 3 nitrogen and oxygen atoms in total. The zero-order valence-electron chi connectivity index (χ0n) is 8.64. The number of dihydropyridines is 1. The van der Waals surface area contributed by atoms with Crippen molar-refractivity contribution in [3.8, 4) is 0 Å². The second-order valence-corrected chi connectivity index (χ2v) is 2.92. The van der Waals surface area contributed by atoms with E-state index in [1.54, 1.807) is 12.2 Å². The highest BCUT2D eigenvalue weighted by Crippen LogP contribution is 2.09. The zero-order valence-corrected chi connectivity index (χ0v) is 8.64. The summed E-state index contributed by atoms with van der Waals surface area (Å²) >= 11 is 0. The maximum absolute atomic E-state index is 11.2. The third kappa shape index (κ3) is 3.38. The lowest BCUT2D eigenvalue weighted by molar-refractivity contribution is -0.135. The fraction of sp³-hybridized carbons (Fsp3) is 0.167. The molecule has 0 saturated heterocycles. The summed E-state index contributed by atoms with van der Waals surface area (Å²) in [6, 6.07) is 0. The van der Waals surface area contributed by atoms with Crippen molar-refractivity contribution in [3.05, 3.63) is 48.1 Å². The van der Waals surface area contributed by atoms with Crippen LogP contribution in [0.15, 0.2) is 53.1 Å². The fourth-order valence-corrected chi connectivity index (χ4v) is 1.12. The predicted octanol–water partition coefficient (Wildman–Crippen LogP) is 1.84. The van der Waals surface area contributed by atoms with Crippen molar-refractivity contribution in [2.45, 2.75) is 0 Å². The highest BCUT2D eigenvalue weighted by molar-refractivity contribution is 6.10. The first-order valence-corrected chi connectivity index (χ1v) is 4.56. The number of nitrogens with zero attached hydrogens (tertiary/aromatic N) is 1. The van der Waals surface area contributed by atoms with Gasteiger partial charge in [0, 0.05) is 6.21 Å². The molecule has 0 N–H and O–H groups in total. The Hall–Kier alpha value is -1.90. The van der Waals surface area contributed by atoms with E-state index in [4.69, 9.17) is 0 Å². The molecule has 0 saturated carbocycles. The van der Waals surface area contributed by atoms with Crippen molar-refractivity contribution in [1.29, 1.82) is 0 Å². The van der Waals surface area contributed by atoms with Crippen LogP contribution < -0.4 is 0 Å². The Morgan fingerprint density at radius 3 is 3.07 bits per heavy atom. The van der Waals surface area contributed by atoms with E-state index in [1.165, 1.54) is 13.3 Å². The highest BCUT2D eigenvalue weighted by Gasteiger charge is 2.10. The van der Waals surface area contributed by atoms with Crippen molar-refractivity contribution >= 4 is 12.2 Å². The monoisotopic (exact) mass is 203 g/mol. The van der Waals surface area contributed by atoms with Crippen molar-refractivity contribution < 1.29 is 9.53 Å². The number of hydrogen-bond acceptors (Lipinski definition) is 3. The maximum Gasteiger partial charge on any atom is 0.339 e. The molecule has 0 unspecified atom stereocenters. The van der Waals surface area contributed by atoms with E-state index in [1.807, 2.05) is 18.2 Å². The molecule has 0 aromatic rings. The maximum atomic E-state index is 11.2. The van der Waals surface area contributed by atoms with Gasteiger partial charge in [-0.3, -0.25) is 4.99 Å². The molecule has 0 aromatic heterocycles. The van der Waals surface area contributed by atoms with Crippen LogP contribution in [-0.4, -0.2) is 25.8 Å². The van der Waals surface area contributed by atoms with Gasteiger partial charge in [-0.25, -0.2) is 4.79 Å². The number of esters is 1. The molecule has 1 rings (SSSR count). The van der Waals surface area contributed by atoms with Crippen LogP contribution in [-0.2, 0) is 9.53 Å². The minimum absolute atomic E-state index is 0.364. The molecule has 1 aliphatic rings. The lowest BCUT2D eigenvalue weighted by atomic mass is 10.1. The minimum Gasteiger partial charge on any atom is -0.465 e. The molecule has 0 spiro atoms. The van der Waals surface area contributed by atoms with Gasteiger partial charge < -0.3 is 4.74 Å². The molecular formula is C12H13NO2. The first-order chi connectivity index (χ1) is 7.27. The Morgan fingerprint density at radius 2 is 2.40 bits per heavy atom. The Kier molecular flexibility index (Phi) is 4.29. The number of carbonyl (C=O) groups is 1. The lowest BCUT2D eigenvalue weighted by Gasteiger charge is -2.06. The minimum atomic E-state index is -0.364. The number of ether oxygens (including phenoxy) is 1. The first kappa shape index (κ1) is 11.2. The van der Waals surface area contributed by atoms with Crippen LogP contribution in [0.2, 0.25) is 0 Å². The van der Waals surface area contributed by atoms with Crippen LogP contribution >= 0.6 is 0 Å². The van der Waals surface area contributed by atoms with Crippen LogP contribution in [0.25, 0.3) is 0 Å². The normalized spacial score (nSPS) is 17.9. The van der Waals surface area contributed by atoms with Gasteiger partial charge in [0.25, 0.3) is 0 Å². The van der Waals surface area contributed by atoms with Gasteiger partial charge in [0.05, 0.1) is 19.2 Å². The number of hydrogen-bond donors (Lipinski definition) is 0. The van der Waals surface area contributed by atoms with Crippen molar-refractivity contribution in [2.75, 3.05) is 13.7 Å². The number of methoxy groups -OCH3 is 1. The summed E-state index contributed by atoms with van der Waals surface area (Å²) in [5.41, 5.74) is 1.44. The third-order valence-electron chi connectivity index (χ3n) is 1.82. The molecule has 78 valence electrons. The number of aliphatic imine (C=N–C) groups is 1. The molecular weight excluding hydrogens is 190 g/mol. The molecule has 0 atom stereocenters. The number of allylic oxidation sites excluding steroid dienone is 4. The molecule has 0 bridgehead atoms. The average Bonchev–Trinajstić information content (AvgIpc) is 2.29. The Bertz CT molecular complexity index is 373. The van der Waals surface area contributed by atoms with Gasteiger partial charge in [-0.05, 0) is 11.6 Å². The molecule has 3 heteroatoms. The molecule has 1 aliphatic heterocycles. The summed E-state index contributed by atoms with van der Waals surface area (Å²) < 4.78 is 4.60. The van der Waals surface area contributed by atoms with E-state index >= 15 is 0 Å². The van der Waals surface area contributed by atoms with Gasteiger partial charge in [0.15, 0.2) is 0 Å². The second-order valence-electron chi connectivity index (χ2n) is 2.92. The highest BCUT2D eigenvalue weighted by atomic mass is 16.5. The van der Waals surface area contributed by atoms with E-state index in [0.717, 1.165) is 5.57 Å². The largest absolute Gasteiger partial charge is 0.465 e. The average molecular weight is 203 g/mol. The number of rotatable bonds is 3. The standard InChI is InChI=1S/C12H13NO2/c1-3-4-5-6-10-7-11(9-13-8-10)12(14)15-2/h3-7,9H,1,8H2,2H3/b5-4-,10-6-. The Balaban J connectivity index is 2.80. The van der Waals surface area contributed by atoms with E-state index in [2.05, 4.69) is 16.3 Å². The Labute approximate surface area is 89.2 Å². The fourth-order valence-electron chi connectivity index (χ4n) is 1.12. The van der Waals surface area contributed by atoms with Gasteiger partial charge in [0.2, 0.25) is 0 Å². The summed E-state index contributed by atoms with van der Waals surface area (Å²) in [5, 5.41) is 0. The van der Waals surface area contributed by atoms with Crippen LogP contribution in [0.4, 0.5) is 0 Å². The van der Waals surface area contributed by atoms with E-state index in [0.29, 0.717) is 12.1 Å². The van der Waals surface area contributed by atoms with Gasteiger partial charge >= 0.3 is 5.97 Å². The third-order valence-corrected chi connectivity index (χ3v) is 1.82. The zero-order chi connectivity index (χ0) is 11.1. The van der Waals surface area contributed by atoms with Gasteiger partial charge in [-0.2, -0.15) is 0 Å². The molecule has 1 heterocycles. The summed E-state index contributed by atoms with van der Waals surface area (Å²) in [7, 11) is 1.35. The summed E-state index contributed by atoms with van der Waals surface area (Å²) in [4.78, 5) is 15.3. The van der Waals surface area contributed by atoms with E-state index in [-0.39, 0.29) is 5.97 Å². The van der Waals surface area contributed by atoms with Gasteiger partial charge in [-0.15, -0.1) is 0 Å². The van der Waals surface area contributed by atoms with Crippen LogP contribution in [0, 0.1) is 0 Å². The van der Waals surface area contributed by atoms with Crippen LogP contribution in [0.5, 0.6) is 0 Å². The van der Waals surface area contributed by atoms with Crippen LogP contribution in [0.1, 0.15) is 0 Å². The smallest absolute Gasteiger partial charge is 0.339 e. The van der Waals surface area contributed by atoms with Gasteiger partial charge in [-0.1, -0.05) is 30.9 Å². The van der Waals surface area contributed by atoms with Gasteiger partial charge in [0.1, 0.15) is 0 Å². The van der Waals surface area contributed by atoms with Crippen molar-refractivity contribution in [2.24, 2.45) is 4.99 Å². The molecule has 0 fully saturated rings. The summed E-state index contributed by atoms with van der Waals surface area (Å²) in [6.45, 7) is 4.15. The first-order valence-electron chi connectivity index (χ1n) is 4.56. The quantitative estimate of drug-likeness (QED) is 0.518. The van der Waals surface area contributed by atoms with Crippen molar-refractivity contribution in [3.63, 3.8) is 0 Å². The Morgan fingerprint density at radius 1 is 1.60 bits per heavy atom. The second kappa shape index (κ2) is 5.75. The molecule has 15 heavy (non-hydrogen) atoms. The van der Waals surface area contributed by atoms with Crippen molar-refractivity contribution in [1.82, 2.24) is 0 Å². The SMILES string of the molecule is C=C/C=C\C=C1\C=C(C(=O)OC)C=NC1. The summed E-state index contributed by atoms with van der Waals surface area (Å²) in [5.74, 6) is -0.364. The molecule has 0 radical (unpaired) electrons. The van der Waals surface area contributed by atoms with Crippen LogP contribution in [0.3, 0.4) is 0 Å². The topological polar surface area (TPSA) is 38.7 Å². The number of carbonyl (C=O) groups excluding carboxylic acids is 1.